The van der Waals surface area contributed by atoms with Gasteiger partial charge in [0, 0.05) is 24.9 Å². The Hall–Kier alpha value is -1.42. The van der Waals surface area contributed by atoms with Crippen LogP contribution in [0.1, 0.15) is 37.3 Å². The molecule has 1 aromatic heterocycles. The lowest BCUT2D eigenvalue weighted by Crippen LogP contribution is -2.28. The molecule has 1 aromatic rings. The van der Waals surface area contributed by atoms with Gasteiger partial charge in [0.1, 0.15) is 0 Å². The molecule has 0 saturated carbocycles. The minimum absolute atomic E-state index is 0.127. The van der Waals surface area contributed by atoms with Gasteiger partial charge in [0.05, 0.1) is 0 Å². The molecule has 1 aliphatic rings. The Morgan fingerprint density at radius 3 is 3.12 bits per heavy atom. The van der Waals surface area contributed by atoms with Crippen molar-refractivity contribution in [2.75, 3.05) is 6.54 Å². The fourth-order valence-electron chi connectivity index (χ4n) is 2.52. The van der Waals surface area contributed by atoms with Crippen LogP contribution in [0.2, 0.25) is 0 Å². The van der Waals surface area contributed by atoms with Gasteiger partial charge in [-0.25, -0.2) is 0 Å². The van der Waals surface area contributed by atoms with E-state index in [0.29, 0.717) is 0 Å². The largest absolute Gasteiger partial charge is 0.481 e. The van der Waals surface area contributed by atoms with Crippen molar-refractivity contribution in [2.45, 2.75) is 31.7 Å². The Balaban J connectivity index is 2.17. The van der Waals surface area contributed by atoms with Crippen LogP contribution in [-0.4, -0.2) is 22.6 Å². The van der Waals surface area contributed by atoms with Gasteiger partial charge in [-0.2, -0.15) is 0 Å². The zero-order valence-electron chi connectivity index (χ0n) is 9.80. The number of carboxylic acids is 1. The highest BCUT2D eigenvalue weighted by molar-refractivity contribution is 5.67. The summed E-state index contributed by atoms with van der Waals surface area (Å²) in [5, 5.41) is 12.4. The van der Waals surface area contributed by atoms with Gasteiger partial charge in [-0.05, 0) is 36.9 Å². The van der Waals surface area contributed by atoms with Crippen LogP contribution >= 0.6 is 0 Å². The molecular formula is C13H18N2O2. The third-order valence-electron chi connectivity index (χ3n) is 3.32. The Kier molecular flexibility index (Phi) is 4.09. The summed E-state index contributed by atoms with van der Waals surface area (Å²) >= 11 is 0. The zero-order valence-corrected chi connectivity index (χ0v) is 9.80. The molecule has 0 spiro atoms. The van der Waals surface area contributed by atoms with E-state index in [1.54, 1.807) is 6.20 Å². The van der Waals surface area contributed by atoms with Gasteiger partial charge in [0.25, 0.3) is 0 Å². The molecule has 0 aromatic carbocycles. The number of hydrogen-bond donors (Lipinski definition) is 2. The molecule has 92 valence electrons. The molecule has 0 amide bonds. The Labute approximate surface area is 101 Å². The van der Waals surface area contributed by atoms with Crippen molar-refractivity contribution in [3.63, 3.8) is 0 Å². The minimum atomic E-state index is -0.715. The monoisotopic (exact) mass is 234 g/mol. The van der Waals surface area contributed by atoms with E-state index in [2.05, 4.69) is 10.3 Å². The number of aliphatic carboxylic acids is 1. The Morgan fingerprint density at radius 2 is 2.41 bits per heavy atom. The number of nitrogens with one attached hydrogen (secondary N) is 1. The smallest absolute Gasteiger partial charge is 0.303 e. The molecule has 2 atom stereocenters. The van der Waals surface area contributed by atoms with Gasteiger partial charge >= 0.3 is 5.97 Å². The summed E-state index contributed by atoms with van der Waals surface area (Å²) in [5.41, 5.74) is 1.10. The Bertz CT molecular complexity index is 367. The predicted octanol–water partition coefficient (Wildman–Crippen LogP) is 1.99. The van der Waals surface area contributed by atoms with E-state index in [-0.39, 0.29) is 18.4 Å². The van der Waals surface area contributed by atoms with Crippen molar-refractivity contribution in [3.05, 3.63) is 30.1 Å². The maximum Gasteiger partial charge on any atom is 0.303 e. The van der Waals surface area contributed by atoms with E-state index < -0.39 is 5.97 Å². The summed E-state index contributed by atoms with van der Waals surface area (Å²) in [5.74, 6) is -0.549. The van der Waals surface area contributed by atoms with Gasteiger partial charge in [-0.3, -0.25) is 9.78 Å². The minimum Gasteiger partial charge on any atom is -0.481 e. The molecule has 2 rings (SSSR count). The number of pyridine rings is 1. The van der Waals surface area contributed by atoms with Crippen molar-refractivity contribution in [2.24, 2.45) is 5.92 Å². The quantitative estimate of drug-likeness (QED) is 0.839. The fraction of sp³-hybridized carbons (Fsp3) is 0.538. The third kappa shape index (κ3) is 3.27. The highest BCUT2D eigenvalue weighted by atomic mass is 16.4. The number of nitrogens with zero attached hydrogens (tertiary/aromatic N) is 1. The average Bonchev–Trinajstić information content (AvgIpc) is 2.55. The number of carbonyl (C=O) groups is 1. The maximum absolute atomic E-state index is 10.9. The van der Waals surface area contributed by atoms with E-state index in [1.807, 2.05) is 18.3 Å². The molecule has 2 N–H and O–H groups in total. The van der Waals surface area contributed by atoms with E-state index >= 15 is 0 Å². The number of aromatic nitrogens is 1. The molecule has 1 saturated heterocycles. The van der Waals surface area contributed by atoms with Gasteiger partial charge in [-0.1, -0.05) is 12.5 Å². The second-order valence-electron chi connectivity index (χ2n) is 4.57. The first-order chi connectivity index (χ1) is 8.27. The topological polar surface area (TPSA) is 62.2 Å². The first kappa shape index (κ1) is 12.0. The fourth-order valence-corrected chi connectivity index (χ4v) is 2.52. The lowest BCUT2D eigenvalue weighted by molar-refractivity contribution is -0.138. The zero-order chi connectivity index (χ0) is 12.1. The summed E-state index contributed by atoms with van der Waals surface area (Å²) in [6.45, 7) is 0.954. The SMILES string of the molecule is O=C(O)C[C@H]1CCCCN[C@@H]1c1cccnc1. The lowest BCUT2D eigenvalue weighted by Gasteiger charge is -2.24. The Morgan fingerprint density at radius 1 is 1.53 bits per heavy atom. The molecule has 0 radical (unpaired) electrons. The van der Waals surface area contributed by atoms with Crippen LogP contribution in [0.3, 0.4) is 0 Å². The highest BCUT2D eigenvalue weighted by Crippen LogP contribution is 2.30. The third-order valence-corrected chi connectivity index (χ3v) is 3.32. The summed E-state index contributed by atoms with van der Waals surface area (Å²) in [6.07, 6.45) is 6.99. The number of carboxylic acid groups (broad SMARTS) is 1. The molecule has 0 unspecified atom stereocenters. The molecule has 2 heterocycles. The van der Waals surface area contributed by atoms with E-state index in [4.69, 9.17) is 5.11 Å². The number of rotatable bonds is 3. The summed E-state index contributed by atoms with van der Waals surface area (Å²) in [4.78, 5) is 15.0. The van der Waals surface area contributed by atoms with Crippen LogP contribution in [0.5, 0.6) is 0 Å². The highest BCUT2D eigenvalue weighted by Gasteiger charge is 2.26. The molecule has 4 heteroatoms. The molecule has 1 aliphatic heterocycles. The van der Waals surface area contributed by atoms with Crippen LogP contribution in [-0.2, 0) is 4.79 Å². The molecule has 4 nitrogen and oxygen atoms in total. The number of hydrogen-bond acceptors (Lipinski definition) is 3. The summed E-state index contributed by atoms with van der Waals surface area (Å²) in [6, 6.07) is 4.05. The summed E-state index contributed by atoms with van der Waals surface area (Å²) < 4.78 is 0. The van der Waals surface area contributed by atoms with Gasteiger partial charge in [0.15, 0.2) is 0 Å². The van der Waals surface area contributed by atoms with Crippen molar-refractivity contribution >= 4 is 5.97 Å². The van der Waals surface area contributed by atoms with E-state index in [9.17, 15) is 4.79 Å². The van der Waals surface area contributed by atoms with Crippen LogP contribution in [0, 0.1) is 5.92 Å². The van der Waals surface area contributed by atoms with Crippen LogP contribution in [0.4, 0.5) is 0 Å². The van der Waals surface area contributed by atoms with Crippen molar-refractivity contribution in [1.29, 1.82) is 0 Å². The van der Waals surface area contributed by atoms with E-state index in [1.165, 1.54) is 0 Å². The lowest BCUT2D eigenvalue weighted by atomic mass is 9.88. The molecule has 0 aliphatic carbocycles. The van der Waals surface area contributed by atoms with Crippen molar-refractivity contribution in [1.82, 2.24) is 10.3 Å². The van der Waals surface area contributed by atoms with Gasteiger partial charge in [-0.15, -0.1) is 0 Å². The summed E-state index contributed by atoms with van der Waals surface area (Å²) in [7, 11) is 0. The standard InChI is InChI=1S/C13H18N2O2/c16-12(17)8-10-4-1-2-7-15-13(10)11-5-3-6-14-9-11/h3,5-6,9-10,13,15H,1-2,4,7-8H2,(H,16,17)/t10-,13+/m1/s1. The van der Waals surface area contributed by atoms with Gasteiger partial charge < -0.3 is 10.4 Å². The molecule has 1 fully saturated rings. The average molecular weight is 234 g/mol. The normalized spacial score (nSPS) is 25.2. The first-order valence-corrected chi connectivity index (χ1v) is 6.12. The van der Waals surface area contributed by atoms with E-state index in [0.717, 1.165) is 31.4 Å². The first-order valence-electron chi connectivity index (χ1n) is 6.12. The predicted molar refractivity (Wildman–Crippen MR) is 64.6 cm³/mol. The maximum atomic E-state index is 10.9. The van der Waals surface area contributed by atoms with Gasteiger partial charge in [0.2, 0.25) is 0 Å². The van der Waals surface area contributed by atoms with Crippen LogP contribution < -0.4 is 5.32 Å². The van der Waals surface area contributed by atoms with Crippen LogP contribution in [0.15, 0.2) is 24.5 Å². The van der Waals surface area contributed by atoms with Crippen molar-refractivity contribution < 1.29 is 9.90 Å². The molecular weight excluding hydrogens is 216 g/mol. The van der Waals surface area contributed by atoms with Crippen molar-refractivity contribution in [3.8, 4) is 0 Å². The molecule has 17 heavy (non-hydrogen) atoms. The molecule has 0 bridgehead atoms. The second-order valence-corrected chi connectivity index (χ2v) is 4.57. The second kappa shape index (κ2) is 5.77. The van der Waals surface area contributed by atoms with Crippen LogP contribution in [0.25, 0.3) is 0 Å².